The molecule has 38 heavy (non-hydrogen) atoms. The monoisotopic (exact) mass is 519 g/mol. The molecule has 2 atom stereocenters. The second-order valence-electron chi connectivity index (χ2n) is 9.98. The second-order valence-corrected chi connectivity index (χ2v) is 9.98. The molecule has 2 saturated heterocycles. The molecule has 7 nitrogen and oxygen atoms in total. The summed E-state index contributed by atoms with van der Waals surface area (Å²) in [7, 11) is 0. The highest BCUT2D eigenvalue weighted by atomic mass is 19.1. The molecule has 5 rings (SSSR count). The molecule has 0 bridgehead atoms. The highest BCUT2D eigenvalue weighted by Crippen LogP contribution is 2.32. The molecule has 2 heterocycles. The molecule has 2 aliphatic heterocycles. The molecule has 0 N–H and O–H groups in total. The fourth-order valence-electron chi connectivity index (χ4n) is 5.50. The molecule has 3 aromatic rings. The van der Waals surface area contributed by atoms with Crippen LogP contribution in [0.15, 0.2) is 66.7 Å². The van der Waals surface area contributed by atoms with E-state index in [9.17, 15) is 28.5 Å². The number of hydrogen-bond acceptors (Lipinski definition) is 4. The van der Waals surface area contributed by atoms with Crippen molar-refractivity contribution in [3.63, 3.8) is 0 Å². The van der Waals surface area contributed by atoms with Crippen molar-refractivity contribution in [2.75, 3.05) is 19.6 Å². The molecule has 0 unspecified atom stereocenters. The van der Waals surface area contributed by atoms with Crippen LogP contribution in [-0.4, -0.2) is 52.2 Å². The minimum absolute atomic E-state index is 0.0958. The average Bonchev–Trinajstić information content (AvgIpc) is 3.35. The van der Waals surface area contributed by atoms with Gasteiger partial charge in [0, 0.05) is 31.3 Å². The molecule has 2 fully saturated rings. The van der Waals surface area contributed by atoms with Gasteiger partial charge < -0.3 is 9.80 Å². The van der Waals surface area contributed by atoms with Crippen LogP contribution in [0.3, 0.4) is 0 Å². The summed E-state index contributed by atoms with van der Waals surface area (Å²) in [6, 6.07) is 16.9. The summed E-state index contributed by atoms with van der Waals surface area (Å²) < 4.78 is 27.5. The van der Waals surface area contributed by atoms with E-state index < -0.39 is 10.7 Å². The summed E-state index contributed by atoms with van der Waals surface area (Å²) in [6.07, 6.45) is 2.15. The van der Waals surface area contributed by atoms with Gasteiger partial charge in [-0.2, -0.15) is 0 Å². The quantitative estimate of drug-likeness (QED) is 0.347. The Bertz CT molecular complexity index is 1360. The van der Waals surface area contributed by atoms with Crippen molar-refractivity contribution in [1.29, 1.82) is 0 Å². The highest BCUT2D eigenvalue weighted by Gasteiger charge is 2.42. The number of likely N-dealkylation sites (tertiary alicyclic amines) is 2. The van der Waals surface area contributed by atoms with Crippen LogP contribution < -0.4 is 0 Å². The molecular formula is C29H27F2N3O4. The highest BCUT2D eigenvalue weighted by molar-refractivity contribution is 5.94. The number of nitro benzene ring substituents is 1. The smallest absolute Gasteiger partial charge is 0.272 e. The van der Waals surface area contributed by atoms with Gasteiger partial charge in [0.15, 0.2) is 0 Å². The summed E-state index contributed by atoms with van der Waals surface area (Å²) >= 11 is 0. The van der Waals surface area contributed by atoms with E-state index in [0.717, 1.165) is 30.0 Å². The molecule has 0 radical (unpaired) electrons. The van der Waals surface area contributed by atoms with Gasteiger partial charge in [-0.15, -0.1) is 0 Å². The van der Waals surface area contributed by atoms with Crippen molar-refractivity contribution < 1.29 is 23.3 Å². The molecular weight excluding hydrogens is 492 g/mol. The topological polar surface area (TPSA) is 83.8 Å². The number of carbonyl (C=O) groups is 2. The lowest BCUT2D eigenvalue weighted by Gasteiger charge is -2.37. The van der Waals surface area contributed by atoms with Crippen molar-refractivity contribution in [3.8, 4) is 0 Å². The fourth-order valence-corrected chi connectivity index (χ4v) is 5.50. The largest absolute Gasteiger partial charge is 0.337 e. The van der Waals surface area contributed by atoms with Crippen LogP contribution in [0.1, 0.15) is 39.9 Å². The van der Waals surface area contributed by atoms with Crippen molar-refractivity contribution in [2.45, 2.75) is 31.7 Å². The minimum atomic E-state index is -0.771. The summed E-state index contributed by atoms with van der Waals surface area (Å²) in [6.45, 7) is 1.50. The van der Waals surface area contributed by atoms with E-state index in [2.05, 4.69) is 0 Å². The van der Waals surface area contributed by atoms with E-state index in [1.165, 1.54) is 24.3 Å². The Balaban J connectivity index is 1.23. The van der Waals surface area contributed by atoms with Crippen LogP contribution in [0, 0.1) is 27.7 Å². The van der Waals surface area contributed by atoms with Gasteiger partial charge in [0.05, 0.1) is 23.5 Å². The van der Waals surface area contributed by atoms with Gasteiger partial charge >= 0.3 is 0 Å². The minimum Gasteiger partial charge on any atom is -0.337 e. The van der Waals surface area contributed by atoms with E-state index in [1.54, 1.807) is 34.1 Å². The molecule has 0 spiro atoms. The zero-order valence-electron chi connectivity index (χ0n) is 20.7. The summed E-state index contributed by atoms with van der Waals surface area (Å²) in [5.41, 5.74) is 2.32. The first kappa shape index (κ1) is 25.5. The Morgan fingerprint density at radius 3 is 2.29 bits per heavy atom. The van der Waals surface area contributed by atoms with E-state index in [4.69, 9.17) is 0 Å². The number of non-ortho nitro benzene ring substituents is 1. The molecule has 0 saturated carbocycles. The lowest BCUT2D eigenvalue weighted by Crippen LogP contribution is -2.49. The van der Waals surface area contributed by atoms with Gasteiger partial charge in [0.25, 0.3) is 11.6 Å². The molecule has 9 heteroatoms. The lowest BCUT2D eigenvalue weighted by atomic mass is 9.91. The summed E-state index contributed by atoms with van der Waals surface area (Å²) in [4.78, 5) is 40.1. The SMILES string of the molecule is O=C(c1ccc(Cc2ccc(F)cc2)cc1)N1C[C@H]2CCCN(C(=O)Cc3ccc([N+](=O)[O-])cc3F)[C@H]2C1. The van der Waals surface area contributed by atoms with Crippen LogP contribution in [0.2, 0.25) is 0 Å². The normalized spacial score (nSPS) is 18.8. The number of benzene rings is 3. The van der Waals surface area contributed by atoms with Crippen LogP contribution in [0.4, 0.5) is 14.5 Å². The first-order valence-electron chi connectivity index (χ1n) is 12.6. The average molecular weight is 520 g/mol. The Labute approximate surface area is 218 Å². The third-order valence-electron chi connectivity index (χ3n) is 7.50. The Hall–Kier alpha value is -4.14. The number of halogens is 2. The maximum absolute atomic E-state index is 14.4. The number of carbonyl (C=O) groups excluding carboxylic acids is 2. The summed E-state index contributed by atoms with van der Waals surface area (Å²) in [5, 5.41) is 10.9. The predicted molar refractivity (Wildman–Crippen MR) is 137 cm³/mol. The lowest BCUT2D eigenvalue weighted by molar-refractivity contribution is -0.385. The molecule has 2 aliphatic rings. The van der Waals surface area contributed by atoms with Crippen LogP contribution in [0.25, 0.3) is 0 Å². The number of rotatable bonds is 6. The number of piperidine rings is 1. The molecule has 0 aliphatic carbocycles. The van der Waals surface area contributed by atoms with Crippen LogP contribution in [0.5, 0.6) is 0 Å². The molecule has 196 valence electrons. The predicted octanol–water partition coefficient (Wildman–Crippen LogP) is 4.77. The van der Waals surface area contributed by atoms with Crippen LogP contribution >= 0.6 is 0 Å². The van der Waals surface area contributed by atoms with Gasteiger partial charge in [-0.25, -0.2) is 8.78 Å². The summed E-state index contributed by atoms with van der Waals surface area (Å²) in [5.74, 6) is -1.24. The molecule has 2 amide bonds. The van der Waals surface area contributed by atoms with E-state index in [-0.39, 0.29) is 47.3 Å². The molecule has 0 aromatic heterocycles. The van der Waals surface area contributed by atoms with Gasteiger partial charge in [0.2, 0.25) is 5.91 Å². The Morgan fingerprint density at radius 2 is 1.63 bits per heavy atom. The van der Waals surface area contributed by atoms with Gasteiger partial charge in [-0.3, -0.25) is 19.7 Å². The number of nitrogens with zero attached hydrogens (tertiary/aromatic N) is 3. The first-order valence-corrected chi connectivity index (χ1v) is 12.6. The van der Waals surface area contributed by atoms with Crippen molar-refractivity contribution in [2.24, 2.45) is 5.92 Å². The third-order valence-corrected chi connectivity index (χ3v) is 7.50. The Kier molecular flexibility index (Phi) is 7.18. The number of hydrogen-bond donors (Lipinski definition) is 0. The van der Waals surface area contributed by atoms with Crippen molar-refractivity contribution in [3.05, 3.63) is 111 Å². The maximum atomic E-state index is 14.4. The van der Waals surface area contributed by atoms with Crippen LogP contribution in [-0.2, 0) is 17.6 Å². The fraction of sp³-hybridized carbons (Fsp3) is 0.310. The standard InChI is InChI=1S/C29H27F2N3O4/c30-24-10-5-20(6-11-24)14-19-3-7-21(8-4-19)29(36)32-17-23-2-1-13-33(27(23)18-32)28(35)15-22-9-12-25(34(37)38)16-26(22)31/h3-12,16,23,27H,1-2,13-15,17-18H2/t23-,27+/m1/s1. The van der Waals surface area contributed by atoms with Crippen molar-refractivity contribution in [1.82, 2.24) is 9.80 Å². The van der Waals surface area contributed by atoms with E-state index >= 15 is 0 Å². The number of amides is 2. The zero-order valence-corrected chi connectivity index (χ0v) is 20.7. The number of nitro groups is 1. The Morgan fingerprint density at radius 1 is 0.947 bits per heavy atom. The van der Waals surface area contributed by atoms with Gasteiger partial charge in [0.1, 0.15) is 11.6 Å². The zero-order chi connectivity index (χ0) is 26.8. The third kappa shape index (κ3) is 5.41. The van der Waals surface area contributed by atoms with Gasteiger partial charge in [-0.05, 0) is 72.2 Å². The van der Waals surface area contributed by atoms with Gasteiger partial charge in [-0.1, -0.05) is 24.3 Å². The van der Waals surface area contributed by atoms with Crippen molar-refractivity contribution >= 4 is 17.5 Å². The van der Waals surface area contributed by atoms with E-state index in [1.807, 2.05) is 12.1 Å². The number of fused-ring (bicyclic) bond motifs is 1. The second kappa shape index (κ2) is 10.7. The maximum Gasteiger partial charge on any atom is 0.272 e. The first-order chi connectivity index (χ1) is 18.3. The van der Waals surface area contributed by atoms with E-state index in [0.29, 0.717) is 31.6 Å². The molecule has 3 aromatic carbocycles.